The Kier molecular flexibility index (Phi) is 1.52. The van der Waals surface area contributed by atoms with Crippen LogP contribution in [0.15, 0.2) is 0 Å². The van der Waals surface area contributed by atoms with Crippen molar-refractivity contribution in [1.29, 1.82) is 0 Å². The lowest BCUT2D eigenvalue weighted by atomic mass is 10.3. The van der Waals surface area contributed by atoms with E-state index < -0.39 is 11.7 Å². The van der Waals surface area contributed by atoms with Crippen LogP contribution in [-0.4, -0.2) is 17.4 Å². The smallest absolute Gasteiger partial charge is 0.148 e. The molecule has 1 aliphatic heterocycles. The zero-order valence-corrected chi connectivity index (χ0v) is 4.55. The van der Waals surface area contributed by atoms with Gasteiger partial charge in [0.05, 0.1) is 0 Å². The van der Waals surface area contributed by atoms with E-state index in [2.05, 4.69) is 0 Å². The van der Waals surface area contributed by atoms with E-state index in [1.54, 1.807) is 0 Å². The van der Waals surface area contributed by atoms with Gasteiger partial charge in [-0.05, 0) is 0 Å². The van der Waals surface area contributed by atoms with E-state index in [1.165, 1.54) is 0 Å². The summed E-state index contributed by atoms with van der Waals surface area (Å²) < 4.78 is 23.8. The van der Waals surface area contributed by atoms with Crippen molar-refractivity contribution in [2.24, 2.45) is 0 Å². The summed E-state index contributed by atoms with van der Waals surface area (Å²) in [7, 11) is 0. The molecule has 0 aromatic carbocycles. The molecule has 1 rings (SSSR count). The van der Waals surface area contributed by atoms with Crippen molar-refractivity contribution in [3.8, 4) is 0 Å². The van der Waals surface area contributed by atoms with Gasteiger partial charge >= 0.3 is 0 Å². The number of thioether (sulfide) groups is 1. The Morgan fingerprint density at radius 3 is 2.29 bits per heavy atom. The van der Waals surface area contributed by atoms with Crippen LogP contribution < -0.4 is 0 Å². The van der Waals surface area contributed by atoms with Gasteiger partial charge in [-0.2, -0.15) is 0 Å². The minimum absolute atomic E-state index is 0.102. The maximum atomic E-state index is 11.9. The molecule has 0 saturated carbocycles. The minimum Gasteiger partial charge on any atom is -0.246 e. The zero-order chi connectivity index (χ0) is 5.28. The predicted molar refractivity (Wildman–Crippen MR) is 26.9 cm³/mol. The molecule has 1 aliphatic rings. The highest BCUT2D eigenvalue weighted by Crippen LogP contribution is 2.28. The first-order valence-electron chi connectivity index (χ1n) is 2.19. The molecule has 1 fully saturated rings. The standard InChI is InChI=1S/C4H6F2S/c5-3-1-4(6)7-2-3/h3-4H,1-2H2. The van der Waals surface area contributed by atoms with Crippen LogP contribution in [0.5, 0.6) is 0 Å². The molecule has 2 unspecified atom stereocenters. The molecule has 0 amide bonds. The molecule has 0 nitrogen and oxygen atoms in total. The van der Waals surface area contributed by atoms with Crippen molar-refractivity contribution in [1.82, 2.24) is 0 Å². The highest BCUT2D eigenvalue weighted by atomic mass is 32.2. The van der Waals surface area contributed by atoms with Gasteiger partial charge in [-0.1, -0.05) is 0 Å². The van der Waals surface area contributed by atoms with E-state index in [1.807, 2.05) is 0 Å². The molecule has 1 saturated heterocycles. The van der Waals surface area contributed by atoms with Crippen molar-refractivity contribution in [3.63, 3.8) is 0 Å². The summed E-state index contributed by atoms with van der Waals surface area (Å²) in [6.45, 7) is 0. The highest BCUT2D eigenvalue weighted by Gasteiger charge is 2.23. The SMILES string of the molecule is FC1CSC(F)C1. The maximum absolute atomic E-state index is 11.9. The third-order valence-corrected chi connectivity index (χ3v) is 2.01. The van der Waals surface area contributed by atoms with Crippen LogP contribution in [0.1, 0.15) is 6.42 Å². The fraction of sp³-hybridized carbons (Fsp3) is 1.00. The van der Waals surface area contributed by atoms with E-state index in [-0.39, 0.29) is 6.42 Å². The second-order valence-electron chi connectivity index (χ2n) is 1.58. The third-order valence-electron chi connectivity index (χ3n) is 0.899. The van der Waals surface area contributed by atoms with E-state index in [9.17, 15) is 8.78 Å². The normalized spacial score (nSPS) is 42.0. The van der Waals surface area contributed by atoms with Crippen molar-refractivity contribution in [2.45, 2.75) is 18.1 Å². The van der Waals surface area contributed by atoms with Crippen LogP contribution in [-0.2, 0) is 0 Å². The van der Waals surface area contributed by atoms with E-state index in [4.69, 9.17) is 0 Å². The fourth-order valence-corrected chi connectivity index (χ4v) is 1.44. The Labute approximate surface area is 45.3 Å². The summed E-state index contributed by atoms with van der Waals surface area (Å²) in [5.41, 5.74) is -0.935. The lowest BCUT2D eigenvalue weighted by Crippen LogP contribution is -1.95. The van der Waals surface area contributed by atoms with Crippen LogP contribution in [0.4, 0.5) is 8.78 Å². The van der Waals surface area contributed by atoms with Crippen molar-refractivity contribution < 1.29 is 8.78 Å². The zero-order valence-electron chi connectivity index (χ0n) is 3.73. The Bertz CT molecular complexity index is 58.7. The van der Waals surface area contributed by atoms with Gasteiger partial charge in [-0.3, -0.25) is 0 Å². The molecule has 0 aromatic heterocycles. The first-order chi connectivity index (χ1) is 3.29. The van der Waals surface area contributed by atoms with Gasteiger partial charge in [-0.15, -0.1) is 11.8 Å². The number of hydrogen-bond donors (Lipinski definition) is 0. The van der Waals surface area contributed by atoms with Gasteiger partial charge in [-0.25, -0.2) is 8.78 Å². The lowest BCUT2D eigenvalue weighted by Gasteiger charge is -1.88. The van der Waals surface area contributed by atoms with Crippen molar-refractivity contribution in [3.05, 3.63) is 0 Å². The average Bonchev–Trinajstić information content (AvgIpc) is 1.87. The Balaban J connectivity index is 2.26. The van der Waals surface area contributed by atoms with Gasteiger partial charge in [0, 0.05) is 12.2 Å². The fourth-order valence-electron chi connectivity index (χ4n) is 0.546. The van der Waals surface area contributed by atoms with Gasteiger partial charge in [0.15, 0.2) is 0 Å². The van der Waals surface area contributed by atoms with Crippen molar-refractivity contribution in [2.75, 3.05) is 5.75 Å². The first-order valence-corrected chi connectivity index (χ1v) is 3.23. The maximum Gasteiger partial charge on any atom is 0.148 e. The summed E-state index contributed by atoms with van der Waals surface area (Å²) in [4.78, 5) is 0. The number of alkyl halides is 2. The molecular weight excluding hydrogens is 118 g/mol. The molecule has 0 radical (unpaired) electrons. The van der Waals surface area contributed by atoms with Crippen LogP contribution in [0, 0.1) is 0 Å². The second-order valence-corrected chi connectivity index (χ2v) is 2.75. The molecule has 2 atom stereocenters. The molecule has 1 heterocycles. The van der Waals surface area contributed by atoms with Gasteiger partial charge in [0.25, 0.3) is 0 Å². The van der Waals surface area contributed by atoms with E-state index >= 15 is 0 Å². The second kappa shape index (κ2) is 1.99. The van der Waals surface area contributed by atoms with Crippen LogP contribution >= 0.6 is 11.8 Å². The van der Waals surface area contributed by atoms with E-state index in [0.717, 1.165) is 11.8 Å². The molecule has 0 aliphatic carbocycles. The summed E-state index contributed by atoms with van der Waals surface area (Å²) >= 11 is 1.06. The molecule has 0 aromatic rings. The molecule has 42 valence electrons. The van der Waals surface area contributed by atoms with Crippen LogP contribution in [0.3, 0.4) is 0 Å². The predicted octanol–water partition coefficient (Wildman–Crippen LogP) is 1.76. The highest BCUT2D eigenvalue weighted by molar-refractivity contribution is 8.00. The largest absolute Gasteiger partial charge is 0.246 e. The monoisotopic (exact) mass is 124 g/mol. The molecule has 0 N–H and O–H groups in total. The van der Waals surface area contributed by atoms with Crippen molar-refractivity contribution >= 4 is 11.8 Å². The van der Waals surface area contributed by atoms with Gasteiger partial charge < -0.3 is 0 Å². The topological polar surface area (TPSA) is 0 Å². The minimum atomic E-state index is -0.935. The average molecular weight is 124 g/mol. The number of hydrogen-bond acceptors (Lipinski definition) is 1. The molecule has 3 heteroatoms. The Hall–Kier alpha value is 0.210. The summed E-state index contributed by atoms with van der Waals surface area (Å²) in [6.07, 6.45) is -0.787. The third kappa shape index (κ3) is 1.30. The molecular formula is C4H6F2S. The Morgan fingerprint density at radius 2 is 2.14 bits per heavy atom. The molecule has 0 bridgehead atoms. The van der Waals surface area contributed by atoms with Gasteiger partial charge in [0.1, 0.15) is 11.7 Å². The quantitative estimate of drug-likeness (QED) is 0.474. The van der Waals surface area contributed by atoms with Crippen LogP contribution in [0.25, 0.3) is 0 Å². The molecule has 7 heavy (non-hydrogen) atoms. The lowest BCUT2D eigenvalue weighted by molar-refractivity contribution is 0.311. The first kappa shape index (κ1) is 5.35. The summed E-state index contributed by atoms with van der Waals surface area (Å²) in [5, 5.41) is 0. The molecule has 0 spiro atoms. The van der Waals surface area contributed by atoms with E-state index in [0.29, 0.717) is 5.75 Å². The number of rotatable bonds is 0. The summed E-state index contributed by atoms with van der Waals surface area (Å²) in [5.74, 6) is 0.348. The number of halogens is 2. The van der Waals surface area contributed by atoms with Gasteiger partial charge in [0.2, 0.25) is 0 Å². The van der Waals surface area contributed by atoms with Crippen LogP contribution in [0.2, 0.25) is 0 Å². The Morgan fingerprint density at radius 1 is 1.43 bits per heavy atom. The summed E-state index contributed by atoms with van der Waals surface area (Å²) in [6, 6.07) is 0.